The van der Waals surface area contributed by atoms with E-state index in [4.69, 9.17) is 0 Å². The molecule has 0 bridgehead atoms. The second-order valence-corrected chi connectivity index (χ2v) is 4.98. The molecule has 16 heavy (non-hydrogen) atoms. The van der Waals surface area contributed by atoms with Crippen LogP contribution in [0, 0.1) is 0 Å². The molecule has 5 heteroatoms. The molecule has 1 amide bonds. The lowest BCUT2D eigenvalue weighted by atomic mass is 9.62. The minimum atomic E-state index is -0.407. The van der Waals surface area contributed by atoms with Gasteiger partial charge in [0.25, 0.3) is 0 Å². The molecule has 0 aromatic rings. The first kappa shape index (κ1) is 11.9. The van der Waals surface area contributed by atoms with Gasteiger partial charge in [-0.2, -0.15) is 0 Å². The van der Waals surface area contributed by atoms with E-state index in [9.17, 15) is 9.82 Å². The van der Waals surface area contributed by atoms with Crippen molar-refractivity contribution in [3.63, 3.8) is 0 Å². The monoisotopic (exact) mass is 224 g/mol. The number of piperidine rings is 1. The predicted octanol–water partition coefficient (Wildman–Crippen LogP) is 0.272. The van der Waals surface area contributed by atoms with Gasteiger partial charge in [0, 0.05) is 12.5 Å². The lowest BCUT2D eigenvalue weighted by Gasteiger charge is -2.31. The van der Waals surface area contributed by atoms with E-state index in [2.05, 4.69) is 5.32 Å². The van der Waals surface area contributed by atoms with Crippen LogP contribution in [0.15, 0.2) is 0 Å². The molecule has 0 aromatic heterocycles. The van der Waals surface area contributed by atoms with Crippen molar-refractivity contribution in [3.8, 4) is 0 Å². The molecular weight excluding hydrogens is 203 g/mol. The summed E-state index contributed by atoms with van der Waals surface area (Å²) < 4.78 is 0. The van der Waals surface area contributed by atoms with Gasteiger partial charge in [-0.3, -0.25) is 4.79 Å². The van der Waals surface area contributed by atoms with Crippen LogP contribution >= 0.6 is 0 Å². The number of nitrogens with zero attached hydrogens (tertiary/aromatic N) is 1. The Hall–Kier alpha value is -0.545. The van der Waals surface area contributed by atoms with Crippen LogP contribution in [0.25, 0.3) is 0 Å². The Morgan fingerprint density at radius 2 is 2.19 bits per heavy atom. The molecule has 0 aliphatic carbocycles. The van der Waals surface area contributed by atoms with Gasteiger partial charge >= 0.3 is 6.92 Å². The molecule has 0 unspecified atom stereocenters. The fraction of sp³-hybridized carbons (Fsp3) is 0.909. The highest BCUT2D eigenvalue weighted by atomic mass is 16.2. The highest BCUT2D eigenvalue weighted by Crippen LogP contribution is 2.21. The zero-order valence-electron chi connectivity index (χ0n) is 9.98. The molecule has 2 atom stereocenters. The third-order valence-electron chi connectivity index (χ3n) is 3.75. The molecule has 4 nitrogen and oxygen atoms in total. The van der Waals surface area contributed by atoms with Gasteiger partial charge in [0.05, 0.1) is 6.04 Å². The molecule has 0 spiro atoms. The molecule has 2 aliphatic rings. The summed E-state index contributed by atoms with van der Waals surface area (Å²) in [5.41, 5.74) is 0. The van der Waals surface area contributed by atoms with Gasteiger partial charge < -0.3 is 15.2 Å². The second-order valence-electron chi connectivity index (χ2n) is 4.98. The quantitative estimate of drug-likeness (QED) is 0.662. The van der Waals surface area contributed by atoms with Crippen molar-refractivity contribution in [1.82, 2.24) is 10.2 Å². The SMILES string of the molecule is CB(O)[C@@H]1CCCN1C(=O)[C@@H]1CCCCN1. The first-order valence-electron chi connectivity index (χ1n) is 6.42. The topological polar surface area (TPSA) is 52.6 Å². The summed E-state index contributed by atoms with van der Waals surface area (Å²) in [6.07, 6.45) is 5.21. The number of carbonyl (C=O) groups excluding carboxylic acids is 1. The van der Waals surface area contributed by atoms with Gasteiger partial charge in [0.2, 0.25) is 5.91 Å². The van der Waals surface area contributed by atoms with Crippen molar-refractivity contribution >= 4 is 12.8 Å². The van der Waals surface area contributed by atoms with Gasteiger partial charge in [-0.05, 0) is 32.2 Å². The van der Waals surface area contributed by atoms with Gasteiger partial charge in [-0.25, -0.2) is 0 Å². The van der Waals surface area contributed by atoms with Gasteiger partial charge in [0.1, 0.15) is 0 Å². The summed E-state index contributed by atoms with van der Waals surface area (Å²) in [5, 5.41) is 12.9. The van der Waals surface area contributed by atoms with E-state index < -0.39 is 6.92 Å². The summed E-state index contributed by atoms with van der Waals surface area (Å²) in [6.45, 7) is 3.14. The molecule has 90 valence electrons. The fourth-order valence-corrected chi connectivity index (χ4v) is 2.83. The average molecular weight is 224 g/mol. The minimum Gasteiger partial charge on any atom is -0.449 e. The lowest BCUT2D eigenvalue weighted by molar-refractivity contribution is -0.133. The zero-order valence-corrected chi connectivity index (χ0v) is 9.98. The summed E-state index contributed by atoms with van der Waals surface area (Å²) in [7, 11) is 0. The second kappa shape index (κ2) is 5.19. The van der Waals surface area contributed by atoms with Crippen LogP contribution in [0.4, 0.5) is 0 Å². The number of likely N-dealkylation sites (tertiary alicyclic amines) is 1. The predicted molar refractivity (Wildman–Crippen MR) is 64.2 cm³/mol. The van der Waals surface area contributed by atoms with Crippen LogP contribution in [-0.2, 0) is 4.79 Å². The van der Waals surface area contributed by atoms with E-state index in [1.54, 1.807) is 6.82 Å². The smallest absolute Gasteiger partial charge is 0.309 e. The van der Waals surface area contributed by atoms with Gasteiger partial charge in [0.15, 0.2) is 0 Å². The van der Waals surface area contributed by atoms with Crippen molar-refractivity contribution in [2.75, 3.05) is 13.1 Å². The molecular formula is C11H21BN2O2. The van der Waals surface area contributed by atoms with Crippen LogP contribution in [0.1, 0.15) is 32.1 Å². The number of hydrogen-bond acceptors (Lipinski definition) is 3. The lowest BCUT2D eigenvalue weighted by Crippen LogP contribution is -2.53. The summed E-state index contributed by atoms with van der Waals surface area (Å²) in [5.74, 6) is 0.235. The number of rotatable bonds is 2. The maximum Gasteiger partial charge on any atom is 0.309 e. The Labute approximate surface area is 97.5 Å². The van der Waals surface area contributed by atoms with Crippen LogP contribution in [0.3, 0.4) is 0 Å². The van der Waals surface area contributed by atoms with Crippen LogP contribution in [0.2, 0.25) is 6.82 Å². The van der Waals surface area contributed by atoms with Crippen molar-refractivity contribution in [2.45, 2.75) is 50.9 Å². The number of carbonyl (C=O) groups is 1. The number of hydrogen-bond donors (Lipinski definition) is 2. The normalized spacial score (nSPS) is 30.5. The molecule has 2 fully saturated rings. The van der Waals surface area contributed by atoms with Crippen molar-refractivity contribution in [2.24, 2.45) is 0 Å². The molecule has 2 N–H and O–H groups in total. The molecule has 0 radical (unpaired) electrons. The Morgan fingerprint density at radius 3 is 2.81 bits per heavy atom. The van der Waals surface area contributed by atoms with Gasteiger partial charge in [-0.1, -0.05) is 13.2 Å². The zero-order chi connectivity index (χ0) is 11.5. The molecule has 2 saturated heterocycles. The number of amides is 1. The van der Waals surface area contributed by atoms with E-state index in [1.807, 2.05) is 4.90 Å². The largest absolute Gasteiger partial charge is 0.449 e. The van der Waals surface area contributed by atoms with E-state index in [1.165, 1.54) is 6.42 Å². The van der Waals surface area contributed by atoms with Crippen molar-refractivity contribution in [3.05, 3.63) is 0 Å². The summed E-state index contributed by atoms with van der Waals surface area (Å²) in [6, 6.07) is -0.00639. The average Bonchev–Trinajstić information content (AvgIpc) is 2.78. The van der Waals surface area contributed by atoms with Crippen molar-refractivity contribution < 1.29 is 9.82 Å². The van der Waals surface area contributed by atoms with Crippen LogP contribution in [-0.4, -0.2) is 47.8 Å². The molecule has 2 aliphatic heterocycles. The van der Waals surface area contributed by atoms with Crippen LogP contribution in [0.5, 0.6) is 0 Å². The first-order chi connectivity index (χ1) is 7.70. The molecule has 0 aromatic carbocycles. The van der Waals surface area contributed by atoms with E-state index in [0.717, 1.165) is 38.8 Å². The minimum absolute atomic E-state index is 0.00639. The third kappa shape index (κ3) is 2.41. The van der Waals surface area contributed by atoms with E-state index in [-0.39, 0.29) is 17.9 Å². The third-order valence-corrected chi connectivity index (χ3v) is 3.75. The van der Waals surface area contributed by atoms with E-state index >= 15 is 0 Å². The Balaban J connectivity index is 1.97. The molecule has 2 heterocycles. The standard InChI is InChI=1S/C11H21BN2O2/c1-12(16)10-6-4-8-14(10)11(15)9-5-2-3-7-13-9/h9-10,13,16H,2-8H2,1H3/t9-,10-/m0/s1. The first-order valence-corrected chi connectivity index (χ1v) is 6.42. The Kier molecular flexibility index (Phi) is 3.87. The summed E-state index contributed by atoms with van der Waals surface area (Å²) >= 11 is 0. The maximum atomic E-state index is 12.3. The molecule has 2 rings (SSSR count). The Morgan fingerprint density at radius 1 is 1.38 bits per heavy atom. The fourth-order valence-electron chi connectivity index (χ4n) is 2.83. The van der Waals surface area contributed by atoms with Crippen molar-refractivity contribution in [1.29, 1.82) is 0 Å². The molecule has 0 saturated carbocycles. The summed E-state index contributed by atoms with van der Waals surface area (Å²) in [4.78, 5) is 14.2. The van der Waals surface area contributed by atoms with Gasteiger partial charge in [-0.15, -0.1) is 0 Å². The number of nitrogens with one attached hydrogen (secondary N) is 1. The van der Waals surface area contributed by atoms with E-state index in [0.29, 0.717) is 0 Å². The highest BCUT2D eigenvalue weighted by Gasteiger charge is 2.37. The Bertz CT molecular complexity index is 254. The maximum absolute atomic E-state index is 12.3. The highest BCUT2D eigenvalue weighted by molar-refractivity contribution is 6.51. The van der Waals surface area contributed by atoms with Crippen LogP contribution < -0.4 is 5.32 Å².